The number of aromatic hydroxyl groups is 2. The van der Waals surface area contributed by atoms with Crippen LogP contribution in [0.2, 0.25) is 0 Å². The summed E-state index contributed by atoms with van der Waals surface area (Å²) in [5.41, 5.74) is 2.01. The zero-order valence-electron chi connectivity index (χ0n) is 10.7. The second-order valence-corrected chi connectivity index (χ2v) is 4.34. The normalized spacial score (nSPS) is 10.8. The van der Waals surface area contributed by atoms with E-state index < -0.39 is 5.97 Å². The van der Waals surface area contributed by atoms with Crippen molar-refractivity contribution in [1.82, 2.24) is 0 Å². The zero-order chi connectivity index (χ0) is 14.5. The van der Waals surface area contributed by atoms with Crippen LogP contribution in [0.15, 0.2) is 48.5 Å². The average molecular weight is 270 g/mol. The highest BCUT2D eigenvalue weighted by atomic mass is 16.4. The van der Waals surface area contributed by atoms with E-state index in [1.54, 1.807) is 6.07 Å². The fourth-order valence-electron chi connectivity index (χ4n) is 1.94. The van der Waals surface area contributed by atoms with Crippen LogP contribution in [0.1, 0.15) is 16.7 Å². The van der Waals surface area contributed by atoms with E-state index in [2.05, 4.69) is 0 Å². The lowest BCUT2D eigenvalue weighted by atomic mass is 9.98. The molecule has 2 rings (SSSR count). The minimum atomic E-state index is -1.07. The highest BCUT2D eigenvalue weighted by Gasteiger charge is 2.11. The maximum atomic E-state index is 10.6. The van der Waals surface area contributed by atoms with Gasteiger partial charge >= 0.3 is 5.97 Å². The SMILES string of the molecule is O=C(O)C=Cc1ccc(O)c(O)c1Cc1ccccc1. The third-order valence-corrected chi connectivity index (χ3v) is 2.93. The number of benzene rings is 2. The van der Waals surface area contributed by atoms with E-state index in [-0.39, 0.29) is 11.5 Å². The summed E-state index contributed by atoms with van der Waals surface area (Å²) in [5.74, 6) is -1.51. The second kappa shape index (κ2) is 5.93. The van der Waals surface area contributed by atoms with Gasteiger partial charge in [0.15, 0.2) is 11.5 Å². The molecule has 0 atom stereocenters. The summed E-state index contributed by atoms with van der Waals surface area (Å²) < 4.78 is 0. The van der Waals surface area contributed by atoms with Crippen LogP contribution in [0.5, 0.6) is 11.5 Å². The summed E-state index contributed by atoms with van der Waals surface area (Å²) in [6.07, 6.45) is 2.81. The highest BCUT2D eigenvalue weighted by molar-refractivity contribution is 5.86. The molecule has 0 saturated carbocycles. The topological polar surface area (TPSA) is 77.8 Å². The van der Waals surface area contributed by atoms with E-state index >= 15 is 0 Å². The molecule has 3 N–H and O–H groups in total. The van der Waals surface area contributed by atoms with Crippen molar-refractivity contribution in [3.8, 4) is 11.5 Å². The standard InChI is InChI=1S/C16H14O4/c17-14-8-6-12(7-9-15(18)19)13(16(14)20)10-11-4-2-1-3-5-11/h1-9,17,20H,10H2,(H,18,19). The molecule has 0 aliphatic carbocycles. The molecule has 102 valence electrons. The van der Waals surface area contributed by atoms with Gasteiger partial charge in [-0.05, 0) is 23.3 Å². The Morgan fingerprint density at radius 1 is 1.05 bits per heavy atom. The summed E-state index contributed by atoms with van der Waals surface area (Å²) in [7, 11) is 0. The highest BCUT2D eigenvalue weighted by Crippen LogP contribution is 2.33. The van der Waals surface area contributed by atoms with E-state index in [1.807, 2.05) is 30.3 Å². The number of hydrogen-bond acceptors (Lipinski definition) is 3. The van der Waals surface area contributed by atoms with Gasteiger partial charge in [0.1, 0.15) is 0 Å². The minimum absolute atomic E-state index is 0.219. The molecule has 0 saturated heterocycles. The van der Waals surface area contributed by atoms with Crippen LogP contribution >= 0.6 is 0 Å². The smallest absolute Gasteiger partial charge is 0.328 e. The van der Waals surface area contributed by atoms with E-state index in [9.17, 15) is 15.0 Å². The number of hydrogen-bond donors (Lipinski definition) is 3. The fraction of sp³-hybridized carbons (Fsp3) is 0.0625. The van der Waals surface area contributed by atoms with Gasteiger partial charge in [0.25, 0.3) is 0 Å². The molecule has 20 heavy (non-hydrogen) atoms. The number of phenolic OH excluding ortho intramolecular Hbond substituents is 2. The largest absolute Gasteiger partial charge is 0.504 e. The predicted octanol–water partition coefficient (Wildman–Crippen LogP) is 2.79. The van der Waals surface area contributed by atoms with Crippen molar-refractivity contribution in [2.45, 2.75) is 6.42 Å². The van der Waals surface area contributed by atoms with Crippen molar-refractivity contribution >= 4 is 12.0 Å². The maximum Gasteiger partial charge on any atom is 0.328 e. The van der Waals surface area contributed by atoms with Gasteiger partial charge in [-0.25, -0.2) is 4.79 Å². The summed E-state index contributed by atoms with van der Waals surface area (Å²) in [4.78, 5) is 10.6. The van der Waals surface area contributed by atoms with Crippen LogP contribution < -0.4 is 0 Å². The van der Waals surface area contributed by atoms with Crippen molar-refractivity contribution in [1.29, 1.82) is 0 Å². The average Bonchev–Trinajstić information content (AvgIpc) is 2.44. The Hall–Kier alpha value is -2.75. The monoisotopic (exact) mass is 270 g/mol. The predicted molar refractivity (Wildman–Crippen MR) is 75.7 cm³/mol. The van der Waals surface area contributed by atoms with E-state index in [4.69, 9.17) is 5.11 Å². The molecule has 0 aliphatic rings. The Labute approximate surface area is 116 Å². The summed E-state index contributed by atoms with van der Waals surface area (Å²) in [6.45, 7) is 0. The first kappa shape index (κ1) is 13.7. The lowest BCUT2D eigenvalue weighted by Gasteiger charge is -2.10. The Morgan fingerprint density at radius 3 is 2.40 bits per heavy atom. The van der Waals surface area contributed by atoms with Crippen LogP contribution in [-0.4, -0.2) is 21.3 Å². The third kappa shape index (κ3) is 3.17. The van der Waals surface area contributed by atoms with Crippen molar-refractivity contribution in [2.75, 3.05) is 0 Å². The van der Waals surface area contributed by atoms with Crippen molar-refractivity contribution < 1.29 is 20.1 Å². The van der Waals surface area contributed by atoms with Gasteiger partial charge in [-0.1, -0.05) is 36.4 Å². The number of carboxylic acid groups (broad SMARTS) is 1. The molecule has 2 aromatic rings. The van der Waals surface area contributed by atoms with Gasteiger partial charge in [-0.2, -0.15) is 0 Å². The van der Waals surface area contributed by atoms with Crippen LogP contribution in [0.3, 0.4) is 0 Å². The van der Waals surface area contributed by atoms with Gasteiger partial charge in [0.2, 0.25) is 0 Å². The van der Waals surface area contributed by atoms with E-state index in [0.29, 0.717) is 17.5 Å². The minimum Gasteiger partial charge on any atom is -0.504 e. The molecule has 0 unspecified atom stereocenters. The number of carbonyl (C=O) groups is 1. The van der Waals surface area contributed by atoms with Crippen LogP contribution in [0, 0.1) is 0 Å². The number of aliphatic carboxylic acids is 1. The molecule has 0 amide bonds. The molecule has 4 nitrogen and oxygen atoms in total. The van der Waals surface area contributed by atoms with Crippen LogP contribution in [-0.2, 0) is 11.2 Å². The molecule has 0 fully saturated rings. The molecule has 0 aromatic heterocycles. The first-order valence-corrected chi connectivity index (χ1v) is 6.06. The van der Waals surface area contributed by atoms with Crippen LogP contribution in [0.4, 0.5) is 0 Å². The quantitative estimate of drug-likeness (QED) is 0.589. The van der Waals surface area contributed by atoms with E-state index in [1.165, 1.54) is 12.1 Å². The molecule has 0 bridgehead atoms. The van der Waals surface area contributed by atoms with Crippen molar-refractivity contribution in [3.05, 3.63) is 65.2 Å². The fourth-order valence-corrected chi connectivity index (χ4v) is 1.94. The Bertz CT molecular complexity index is 645. The molecule has 0 heterocycles. The van der Waals surface area contributed by atoms with Crippen molar-refractivity contribution in [3.63, 3.8) is 0 Å². The van der Waals surface area contributed by atoms with Gasteiger partial charge in [0.05, 0.1) is 0 Å². The Balaban J connectivity index is 2.43. The van der Waals surface area contributed by atoms with E-state index in [0.717, 1.165) is 11.6 Å². The van der Waals surface area contributed by atoms with Gasteiger partial charge < -0.3 is 15.3 Å². The number of carboxylic acids is 1. The van der Waals surface area contributed by atoms with Gasteiger partial charge in [-0.3, -0.25) is 0 Å². The lowest BCUT2D eigenvalue weighted by molar-refractivity contribution is -0.131. The summed E-state index contributed by atoms with van der Waals surface area (Å²) >= 11 is 0. The Morgan fingerprint density at radius 2 is 1.75 bits per heavy atom. The first-order chi connectivity index (χ1) is 9.58. The Kier molecular flexibility index (Phi) is 4.05. The molecule has 2 aromatic carbocycles. The first-order valence-electron chi connectivity index (χ1n) is 6.06. The maximum absolute atomic E-state index is 10.6. The molecule has 0 radical (unpaired) electrons. The molecular weight excluding hydrogens is 256 g/mol. The second-order valence-electron chi connectivity index (χ2n) is 4.34. The third-order valence-electron chi connectivity index (χ3n) is 2.93. The van der Waals surface area contributed by atoms with Crippen LogP contribution in [0.25, 0.3) is 6.08 Å². The molecule has 4 heteroatoms. The number of rotatable bonds is 4. The number of phenols is 2. The van der Waals surface area contributed by atoms with Gasteiger partial charge in [-0.15, -0.1) is 0 Å². The zero-order valence-corrected chi connectivity index (χ0v) is 10.7. The van der Waals surface area contributed by atoms with Gasteiger partial charge in [0, 0.05) is 18.1 Å². The lowest BCUT2D eigenvalue weighted by Crippen LogP contribution is -1.94. The summed E-state index contributed by atoms with van der Waals surface area (Å²) in [5, 5.41) is 28.2. The molecule has 0 aliphatic heterocycles. The van der Waals surface area contributed by atoms with Crippen molar-refractivity contribution in [2.24, 2.45) is 0 Å². The molecular formula is C16H14O4. The molecule has 0 spiro atoms. The summed E-state index contributed by atoms with van der Waals surface area (Å²) in [6, 6.07) is 12.3.